The Bertz CT molecular complexity index is 520. The number of nitrogens with one attached hydrogen (secondary N) is 1. The molecule has 0 saturated heterocycles. The first-order valence-corrected chi connectivity index (χ1v) is 8.74. The van der Waals surface area contributed by atoms with Gasteiger partial charge in [0.2, 0.25) is 0 Å². The van der Waals surface area contributed by atoms with E-state index in [4.69, 9.17) is 0 Å². The molecule has 1 N–H and O–H groups in total. The van der Waals surface area contributed by atoms with Gasteiger partial charge >= 0.3 is 0 Å². The molecule has 1 heterocycles. The Morgan fingerprint density at radius 2 is 1.57 bits per heavy atom. The fourth-order valence-electron chi connectivity index (χ4n) is 2.83. The zero-order chi connectivity index (χ0) is 15.2. The van der Waals surface area contributed by atoms with Crippen molar-refractivity contribution >= 4 is 11.3 Å². The lowest BCUT2D eigenvalue weighted by atomic mass is 9.85. The number of hydrogen-bond donors (Lipinski definition) is 1. The number of rotatable bonds is 7. The summed E-state index contributed by atoms with van der Waals surface area (Å²) in [5.41, 5.74) is 1.32. The van der Waals surface area contributed by atoms with Crippen LogP contribution >= 0.6 is 11.3 Å². The summed E-state index contributed by atoms with van der Waals surface area (Å²) >= 11 is 1.89. The van der Waals surface area contributed by atoms with Crippen LogP contribution in [0, 0.1) is 17.8 Å². The zero-order valence-corrected chi connectivity index (χ0v) is 14.4. The molecule has 0 aliphatic rings. The molecule has 114 valence electrons. The molecule has 0 aliphatic carbocycles. The highest BCUT2D eigenvalue weighted by Gasteiger charge is 2.16. The predicted octanol–water partition coefficient (Wildman–Crippen LogP) is 5.43. The van der Waals surface area contributed by atoms with Crippen LogP contribution in [-0.4, -0.2) is 6.54 Å². The van der Waals surface area contributed by atoms with E-state index in [1.165, 1.54) is 15.3 Å². The highest BCUT2D eigenvalue weighted by atomic mass is 32.1. The molecule has 0 spiro atoms. The van der Waals surface area contributed by atoms with Crippen LogP contribution in [0.5, 0.6) is 0 Å². The van der Waals surface area contributed by atoms with Gasteiger partial charge in [-0.2, -0.15) is 0 Å². The van der Waals surface area contributed by atoms with E-state index in [1.54, 1.807) is 0 Å². The summed E-state index contributed by atoms with van der Waals surface area (Å²) in [5.74, 6) is 2.22. The maximum Gasteiger partial charge on any atom is 0.0346 e. The minimum atomic E-state index is 0.737. The van der Waals surface area contributed by atoms with Gasteiger partial charge in [-0.1, -0.05) is 58.0 Å². The lowest BCUT2D eigenvalue weighted by molar-refractivity contribution is 0.276. The van der Waals surface area contributed by atoms with Crippen LogP contribution < -0.4 is 5.32 Å². The van der Waals surface area contributed by atoms with Gasteiger partial charge in [-0.3, -0.25) is 0 Å². The van der Waals surface area contributed by atoms with Gasteiger partial charge in [-0.15, -0.1) is 11.3 Å². The minimum Gasteiger partial charge on any atom is -0.312 e. The largest absolute Gasteiger partial charge is 0.312 e. The number of benzene rings is 1. The number of thiophene rings is 1. The standard InChI is InChI=1S/C19H27NS/c1-14(2)18(15(3)4)13-20-12-17-10-11-19(21-17)16-8-6-5-7-9-16/h5-11,14-15,18,20H,12-13H2,1-4H3. The Morgan fingerprint density at radius 1 is 0.905 bits per heavy atom. The van der Waals surface area contributed by atoms with Gasteiger partial charge in [0.25, 0.3) is 0 Å². The molecule has 0 fully saturated rings. The summed E-state index contributed by atoms with van der Waals surface area (Å²) in [6, 6.07) is 15.1. The van der Waals surface area contributed by atoms with Crippen LogP contribution in [-0.2, 0) is 6.54 Å². The average molecular weight is 301 g/mol. The highest BCUT2D eigenvalue weighted by molar-refractivity contribution is 7.15. The minimum absolute atomic E-state index is 0.737. The Kier molecular flexibility index (Phi) is 6.01. The Morgan fingerprint density at radius 3 is 2.19 bits per heavy atom. The SMILES string of the molecule is CC(C)C(CNCc1ccc(-c2ccccc2)s1)C(C)C. The van der Waals surface area contributed by atoms with Crippen LogP contribution in [0.3, 0.4) is 0 Å². The molecule has 0 radical (unpaired) electrons. The van der Waals surface area contributed by atoms with Crippen molar-refractivity contribution in [1.29, 1.82) is 0 Å². The summed E-state index contributed by atoms with van der Waals surface area (Å²) < 4.78 is 0. The molecule has 1 aromatic heterocycles. The molecular weight excluding hydrogens is 274 g/mol. The smallest absolute Gasteiger partial charge is 0.0346 e. The second-order valence-corrected chi connectivity index (χ2v) is 7.58. The van der Waals surface area contributed by atoms with Crippen molar-refractivity contribution in [3.8, 4) is 10.4 Å². The monoisotopic (exact) mass is 301 g/mol. The summed E-state index contributed by atoms with van der Waals surface area (Å²) in [7, 11) is 0. The third-order valence-electron chi connectivity index (χ3n) is 4.11. The van der Waals surface area contributed by atoms with E-state index in [9.17, 15) is 0 Å². The van der Waals surface area contributed by atoms with E-state index >= 15 is 0 Å². The van der Waals surface area contributed by atoms with Crippen molar-refractivity contribution < 1.29 is 0 Å². The first kappa shape index (κ1) is 16.3. The highest BCUT2D eigenvalue weighted by Crippen LogP contribution is 2.28. The molecule has 0 aliphatic heterocycles. The molecule has 1 nitrogen and oxygen atoms in total. The Labute approximate surface area is 133 Å². The second kappa shape index (κ2) is 7.77. The van der Waals surface area contributed by atoms with Gasteiger partial charge in [0.05, 0.1) is 0 Å². The van der Waals surface area contributed by atoms with Gasteiger partial charge < -0.3 is 5.32 Å². The fraction of sp³-hybridized carbons (Fsp3) is 0.474. The third kappa shape index (κ3) is 4.69. The summed E-state index contributed by atoms with van der Waals surface area (Å²) in [6.45, 7) is 11.4. The molecule has 0 amide bonds. The van der Waals surface area contributed by atoms with Crippen molar-refractivity contribution in [2.75, 3.05) is 6.54 Å². The quantitative estimate of drug-likeness (QED) is 0.718. The van der Waals surface area contributed by atoms with Crippen LogP contribution in [0.2, 0.25) is 0 Å². The Balaban J connectivity index is 1.89. The summed E-state index contributed by atoms with van der Waals surface area (Å²) in [4.78, 5) is 2.77. The molecular formula is C19H27NS. The predicted molar refractivity (Wildman–Crippen MR) is 94.6 cm³/mol. The first-order chi connectivity index (χ1) is 10.1. The molecule has 21 heavy (non-hydrogen) atoms. The van der Waals surface area contributed by atoms with Gasteiger partial charge in [-0.05, 0) is 42.0 Å². The van der Waals surface area contributed by atoms with Crippen LogP contribution in [0.1, 0.15) is 32.6 Å². The van der Waals surface area contributed by atoms with E-state index in [-0.39, 0.29) is 0 Å². The van der Waals surface area contributed by atoms with E-state index in [2.05, 4.69) is 75.5 Å². The van der Waals surface area contributed by atoms with E-state index in [0.29, 0.717) is 0 Å². The molecule has 2 rings (SSSR count). The molecule has 2 aromatic rings. The third-order valence-corrected chi connectivity index (χ3v) is 5.25. The second-order valence-electron chi connectivity index (χ2n) is 6.41. The van der Waals surface area contributed by atoms with Crippen molar-refractivity contribution in [3.63, 3.8) is 0 Å². The average Bonchev–Trinajstić information content (AvgIpc) is 2.92. The lowest BCUT2D eigenvalue weighted by Crippen LogP contribution is -2.29. The number of hydrogen-bond acceptors (Lipinski definition) is 2. The van der Waals surface area contributed by atoms with E-state index in [1.807, 2.05) is 11.3 Å². The molecule has 1 aromatic carbocycles. The Hall–Kier alpha value is -1.12. The summed E-state index contributed by atoms with van der Waals surface area (Å²) in [6.07, 6.45) is 0. The van der Waals surface area contributed by atoms with E-state index in [0.717, 1.165) is 30.8 Å². The zero-order valence-electron chi connectivity index (χ0n) is 13.6. The van der Waals surface area contributed by atoms with Crippen LogP contribution in [0.25, 0.3) is 10.4 Å². The molecule has 2 heteroatoms. The molecule has 0 atom stereocenters. The van der Waals surface area contributed by atoms with Gasteiger partial charge in [0.1, 0.15) is 0 Å². The van der Waals surface area contributed by atoms with Gasteiger partial charge in [0.15, 0.2) is 0 Å². The maximum absolute atomic E-state index is 3.64. The lowest BCUT2D eigenvalue weighted by Gasteiger charge is -2.25. The van der Waals surface area contributed by atoms with Crippen molar-refractivity contribution in [1.82, 2.24) is 5.32 Å². The topological polar surface area (TPSA) is 12.0 Å². The van der Waals surface area contributed by atoms with Gasteiger partial charge in [-0.25, -0.2) is 0 Å². The summed E-state index contributed by atoms with van der Waals surface area (Å²) in [5, 5.41) is 3.64. The van der Waals surface area contributed by atoms with Crippen LogP contribution in [0.4, 0.5) is 0 Å². The first-order valence-electron chi connectivity index (χ1n) is 7.92. The van der Waals surface area contributed by atoms with Crippen molar-refractivity contribution in [2.45, 2.75) is 34.2 Å². The van der Waals surface area contributed by atoms with E-state index < -0.39 is 0 Å². The molecule has 0 bridgehead atoms. The van der Waals surface area contributed by atoms with Gasteiger partial charge in [0, 0.05) is 16.3 Å². The van der Waals surface area contributed by atoms with Crippen LogP contribution in [0.15, 0.2) is 42.5 Å². The normalized spacial score (nSPS) is 11.8. The fourth-order valence-corrected chi connectivity index (χ4v) is 3.82. The molecule has 0 saturated carbocycles. The molecule has 0 unspecified atom stereocenters. The van der Waals surface area contributed by atoms with Crippen molar-refractivity contribution in [3.05, 3.63) is 47.3 Å². The maximum atomic E-state index is 3.64. The van der Waals surface area contributed by atoms with Crippen molar-refractivity contribution in [2.24, 2.45) is 17.8 Å².